The maximum atomic E-state index is 12.3. The van der Waals surface area contributed by atoms with Gasteiger partial charge in [0.2, 0.25) is 0 Å². The van der Waals surface area contributed by atoms with E-state index in [1.54, 1.807) is 11.8 Å². The fourth-order valence-corrected chi connectivity index (χ4v) is 3.53. The summed E-state index contributed by atoms with van der Waals surface area (Å²) in [4.78, 5) is 12.3. The molecular formula is C13H22N4O2S. The number of ether oxygens (including phenoxy) is 1. The molecule has 1 aromatic heterocycles. The molecule has 1 saturated carbocycles. The number of esters is 1. The highest BCUT2D eigenvalue weighted by Crippen LogP contribution is 2.42. The van der Waals surface area contributed by atoms with Crippen molar-refractivity contribution in [3.8, 4) is 0 Å². The van der Waals surface area contributed by atoms with E-state index in [0.29, 0.717) is 18.3 Å². The molecule has 112 valence electrons. The van der Waals surface area contributed by atoms with E-state index in [0.717, 1.165) is 23.8 Å². The standard InChI is InChI=1S/C13H22N4O2S/c1-5-19-11(18)13(14-3,10-6-7-10)8-20-12-16-15-9(2)17(12)4/h10,14H,5-8H2,1-4H3. The fourth-order valence-electron chi connectivity index (χ4n) is 2.25. The molecule has 1 aliphatic carbocycles. The van der Waals surface area contributed by atoms with Gasteiger partial charge in [0.25, 0.3) is 0 Å². The average molecular weight is 298 g/mol. The number of hydrogen-bond acceptors (Lipinski definition) is 6. The first kappa shape index (κ1) is 15.3. The van der Waals surface area contributed by atoms with Crippen LogP contribution in [0.15, 0.2) is 5.16 Å². The zero-order chi connectivity index (χ0) is 14.8. The molecule has 7 heteroatoms. The maximum absolute atomic E-state index is 12.3. The highest BCUT2D eigenvalue weighted by Gasteiger charge is 2.51. The third-order valence-electron chi connectivity index (χ3n) is 3.84. The van der Waals surface area contributed by atoms with Crippen molar-refractivity contribution < 1.29 is 9.53 Å². The molecule has 0 radical (unpaired) electrons. The van der Waals surface area contributed by atoms with Crippen LogP contribution in [0, 0.1) is 12.8 Å². The van der Waals surface area contributed by atoms with Crippen molar-refractivity contribution in [3.05, 3.63) is 5.82 Å². The third-order valence-corrected chi connectivity index (χ3v) is 5.06. The number of carbonyl (C=O) groups is 1. The van der Waals surface area contributed by atoms with Crippen LogP contribution < -0.4 is 5.32 Å². The predicted octanol–water partition coefficient (Wildman–Crippen LogP) is 1.15. The lowest BCUT2D eigenvalue weighted by Crippen LogP contribution is -2.55. The van der Waals surface area contributed by atoms with Gasteiger partial charge in [0.15, 0.2) is 5.16 Å². The van der Waals surface area contributed by atoms with Crippen molar-refractivity contribution in [2.75, 3.05) is 19.4 Å². The van der Waals surface area contributed by atoms with Gasteiger partial charge in [-0.2, -0.15) is 0 Å². The van der Waals surface area contributed by atoms with Gasteiger partial charge in [-0.1, -0.05) is 11.8 Å². The summed E-state index contributed by atoms with van der Waals surface area (Å²) in [6, 6.07) is 0. The number of rotatable bonds is 7. The number of likely N-dealkylation sites (N-methyl/N-ethyl adjacent to an activating group) is 1. The van der Waals surface area contributed by atoms with Gasteiger partial charge in [-0.15, -0.1) is 10.2 Å². The molecule has 0 aliphatic heterocycles. The lowest BCUT2D eigenvalue weighted by Gasteiger charge is -2.30. The van der Waals surface area contributed by atoms with Crippen LogP contribution in [0.25, 0.3) is 0 Å². The quantitative estimate of drug-likeness (QED) is 0.601. The Morgan fingerprint density at radius 1 is 1.55 bits per heavy atom. The van der Waals surface area contributed by atoms with Gasteiger partial charge < -0.3 is 14.6 Å². The number of nitrogens with zero attached hydrogens (tertiary/aromatic N) is 3. The third kappa shape index (κ3) is 2.83. The van der Waals surface area contributed by atoms with Crippen molar-refractivity contribution in [2.24, 2.45) is 13.0 Å². The molecule has 0 amide bonds. The number of aryl methyl sites for hydroxylation is 1. The van der Waals surface area contributed by atoms with Gasteiger partial charge in [-0.3, -0.25) is 4.79 Å². The summed E-state index contributed by atoms with van der Waals surface area (Å²) >= 11 is 1.55. The first-order chi connectivity index (χ1) is 9.55. The lowest BCUT2D eigenvalue weighted by molar-refractivity contribution is -0.150. The van der Waals surface area contributed by atoms with Crippen LogP contribution in [-0.4, -0.2) is 45.7 Å². The van der Waals surface area contributed by atoms with Crippen molar-refractivity contribution in [3.63, 3.8) is 0 Å². The van der Waals surface area contributed by atoms with Crippen LogP contribution in [0.2, 0.25) is 0 Å². The maximum Gasteiger partial charge on any atom is 0.327 e. The Morgan fingerprint density at radius 3 is 2.70 bits per heavy atom. The summed E-state index contributed by atoms with van der Waals surface area (Å²) in [7, 11) is 3.76. The molecule has 2 rings (SSSR count). The Labute approximate surface area is 123 Å². The minimum Gasteiger partial charge on any atom is -0.465 e. The molecule has 0 bridgehead atoms. The molecule has 1 aromatic rings. The number of aromatic nitrogens is 3. The molecule has 1 atom stereocenters. The minimum absolute atomic E-state index is 0.156. The number of nitrogens with one attached hydrogen (secondary N) is 1. The molecule has 20 heavy (non-hydrogen) atoms. The second-order valence-corrected chi connectivity index (χ2v) is 6.04. The predicted molar refractivity (Wildman–Crippen MR) is 77.6 cm³/mol. The number of thioether (sulfide) groups is 1. The van der Waals surface area contributed by atoms with Crippen LogP contribution in [0.5, 0.6) is 0 Å². The Morgan fingerprint density at radius 2 is 2.25 bits per heavy atom. The molecule has 1 aliphatic rings. The zero-order valence-electron chi connectivity index (χ0n) is 12.5. The average Bonchev–Trinajstić information content (AvgIpc) is 3.22. The largest absolute Gasteiger partial charge is 0.465 e. The topological polar surface area (TPSA) is 69.0 Å². The molecule has 1 unspecified atom stereocenters. The normalized spacial score (nSPS) is 17.8. The Hall–Kier alpha value is -1.08. The van der Waals surface area contributed by atoms with E-state index in [1.807, 2.05) is 32.5 Å². The Bertz CT molecular complexity index is 487. The van der Waals surface area contributed by atoms with Crippen LogP contribution in [0.3, 0.4) is 0 Å². The van der Waals surface area contributed by atoms with E-state index in [2.05, 4.69) is 15.5 Å². The molecule has 0 saturated heterocycles. The second-order valence-electron chi connectivity index (χ2n) is 5.09. The first-order valence-corrected chi connectivity index (χ1v) is 7.88. The van der Waals surface area contributed by atoms with Crippen molar-refractivity contribution >= 4 is 17.7 Å². The van der Waals surface area contributed by atoms with E-state index >= 15 is 0 Å². The van der Waals surface area contributed by atoms with E-state index in [-0.39, 0.29) is 5.97 Å². The molecule has 0 aromatic carbocycles. The molecule has 6 nitrogen and oxygen atoms in total. The summed E-state index contributed by atoms with van der Waals surface area (Å²) in [5.41, 5.74) is -0.611. The van der Waals surface area contributed by atoms with Crippen LogP contribution in [0.1, 0.15) is 25.6 Å². The van der Waals surface area contributed by atoms with Gasteiger partial charge >= 0.3 is 5.97 Å². The lowest BCUT2D eigenvalue weighted by atomic mass is 9.96. The van der Waals surface area contributed by atoms with Gasteiger partial charge in [-0.25, -0.2) is 0 Å². The summed E-state index contributed by atoms with van der Waals surface area (Å²) in [6.07, 6.45) is 2.14. The zero-order valence-corrected chi connectivity index (χ0v) is 13.3. The van der Waals surface area contributed by atoms with E-state index in [4.69, 9.17) is 4.74 Å². The Kier molecular flexibility index (Phi) is 4.70. The van der Waals surface area contributed by atoms with Crippen molar-refractivity contribution in [1.82, 2.24) is 20.1 Å². The highest BCUT2D eigenvalue weighted by atomic mass is 32.2. The number of hydrogen-bond donors (Lipinski definition) is 1. The van der Waals surface area contributed by atoms with Gasteiger partial charge in [0.05, 0.1) is 6.61 Å². The highest BCUT2D eigenvalue weighted by molar-refractivity contribution is 7.99. The SMILES string of the molecule is CCOC(=O)C(CSc1nnc(C)n1C)(NC)C1CC1. The fraction of sp³-hybridized carbons (Fsp3) is 0.769. The van der Waals surface area contributed by atoms with E-state index in [1.165, 1.54) is 0 Å². The minimum atomic E-state index is -0.611. The molecular weight excluding hydrogens is 276 g/mol. The van der Waals surface area contributed by atoms with Crippen LogP contribution in [0.4, 0.5) is 0 Å². The van der Waals surface area contributed by atoms with E-state index < -0.39 is 5.54 Å². The van der Waals surface area contributed by atoms with Crippen LogP contribution >= 0.6 is 11.8 Å². The first-order valence-electron chi connectivity index (χ1n) is 6.90. The second kappa shape index (κ2) is 6.13. The molecule has 1 heterocycles. The summed E-state index contributed by atoms with van der Waals surface area (Å²) in [5, 5.41) is 12.2. The number of carbonyl (C=O) groups excluding carboxylic acids is 1. The smallest absolute Gasteiger partial charge is 0.327 e. The summed E-state index contributed by atoms with van der Waals surface area (Å²) in [5.74, 6) is 1.67. The van der Waals surface area contributed by atoms with Gasteiger partial charge in [-0.05, 0) is 39.7 Å². The van der Waals surface area contributed by atoms with Gasteiger partial charge in [0, 0.05) is 12.8 Å². The summed E-state index contributed by atoms with van der Waals surface area (Å²) in [6.45, 7) is 4.15. The summed E-state index contributed by atoms with van der Waals surface area (Å²) < 4.78 is 7.20. The monoisotopic (exact) mass is 298 g/mol. The molecule has 0 spiro atoms. The van der Waals surface area contributed by atoms with E-state index in [9.17, 15) is 4.79 Å². The molecule has 1 fully saturated rings. The Balaban J connectivity index is 2.12. The van der Waals surface area contributed by atoms with Gasteiger partial charge in [0.1, 0.15) is 11.4 Å². The van der Waals surface area contributed by atoms with Crippen molar-refractivity contribution in [2.45, 2.75) is 37.4 Å². The van der Waals surface area contributed by atoms with Crippen molar-refractivity contribution in [1.29, 1.82) is 0 Å². The van der Waals surface area contributed by atoms with Crippen LogP contribution in [-0.2, 0) is 16.6 Å². The molecule has 1 N–H and O–H groups in total.